The monoisotopic (exact) mass is 228 g/mol. The standard InChI is InChI=1S/C9H19Cl.ClH3Si/c1-2-3-4-5-6-7-8-9-10;1-2/h2-9H2,1H3;2H3. The molecule has 0 aromatic rings. The molecule has 0 amide bonds. The molecule has 0 fully saturated rings. The maximum Gasteiger partial charge on any atom is 0.109 e. The Kier molecular flexibility index (Phi) is 22.6. The van der Waals surface area contributed by atoms with Crippen LogP contribution in [0.3, 0.4) is 0 Å². The Morgan fingerprint density at radius 3 is 1.67 bits per heavy atom. The van der Waals surface area contributed by atoms with Gasteiger partial charge in [-0.05, 0) is 6.42 Å². The van der Waals surface area contributed by atoms with Gasteiger partial charge in [0.15, 0.2) is 0 Å². The van der Waals surface area contributed by atoms with Crippen molar-refractivity contribution in [3.05, 3.63) is 0 Å². The van der Waals surface area contributed by atoms with Crippen LogP contribution in [0.4, 0.5) is 0 Å². The molecule has 0 spiro atoms. The lowest BCUT2D eigenvalue weighted by Gasteiger charge is -1.97. The SMILES string of the molecule is CCCCCCCCCCl.[SiH3]Cl. The minimum atomic E-state index is 0.778. The van der Waals surface area contributed by atoms with Gasteiger partial charge in [-0.3, -0.25) is 0 Å². The molecule has 0 saturated carbocycles. The number of alkyl halides is 1. The van der Waals surface area contributed by atoms with E-state index in [0.29, 0.717) is 0 Å². The molecule has 0 radical (unpaired) electrons. The predicted molar refractivity (Wildman–Crippen MR) is 64.5 cm³/mol. The predicted octanol–water partition coefficient (Wildman–Crippen LogP) is 3.48. The molecule has 0 aromatic heterocycles. The maximum atomic E-state index is 5.54. The lowest BCUT2D eigenvalue weighted by Crippen LogP contribution is -1.79. The average molecular weight is 229 g/mol. The van der Waals surface area contributed by atoms with E-state index >= 15 is 0 Å². The minimum absolute atomic E-state index is 0.778. The molecular weight excluding hydrogens is 207 g/mol. The van der Waals surface area contributed by atoms with Gasteiger partial charge in [0, 0.05) is 5.88 Å². The zero-order valence-electron chi connectivity index (χ0n) is 8.41. The van der Waals surface area contributed by atoms with Crippen molar-refractivity contribution in [2.75, 3.05) is 5.88 Å². The zero-order valence-corrected chi connectivity index (χ0v) is 11.9. The number of hydrogen-bond donors (Lipinski definition) is 0. The fraction of sp³-hybridized carbons (Fsp3) is 1.00. The Morgan fingerprint density at radius 1 is 0.833 bits per heavy atom. The Labute approximate surface area is 90.1 Å². The second kappa shape index (κ2) is 17.8. The van der Waals surface area contributed by atoms with E-state index in [4.69, 9.17) is 22.7 Å². The van der Waals surface area contributed by atoms with Gasteiger partial charge in [-0.1, -0.05) is 45.4 Å². The lowest BCUT2D eigenvalue weighted by molar-refractivity contribution is 0.603. The van der Waals surface area contributed by atoms with Crippen LogP contribution in [0, 0.1) is 0 Å². The minimum Gasteiger partial charge on any atom is -0.181 e. The van der Waals surface area contributed by atoms with Gasteiger partial charge in [-0.15, -0.1) is 11.6 Å². The summed E-state index contributed by atoms with van der Waals surface area (Å²) in [4.78, 5) is 0. The Balaban J connectivity index is 0. The fourth-order valence-corrected chi connectivity index (χ4v) is 1.24. The number of unbranched alkanes of at least 4 members (excludes halogenated alkanes) is 6. The van der Waals surface area contributed by atoms with Crippen LogP contribution in [-0.4, -0.2) is 15.4 Å². The first-order valence-electron chi connectivity index (χ1n) is 4.85. The summed E-state index contributed by atoms with van der Waals surface area (Å²) in [5.74, 6) is 0.841. The second-order valence-corrected chi connectivity index (χ2v) is 3.19. The molecule has 0 aliphatic rings. The van der Waals surface area contributed by atoms with Crippen molar-refractivity contribution in [1.82, 2.24) is 0 Å². The molecule has 0 atom stereocenters. The molecule has 0 aromatic carbocycles. The van der Waals surface area contributed by atoms with Crippen molar-refractivity contribution in [3.63, 3.8) is 0 Å². The van der Waals surface area contributed by atoms with Crippen molar-refractivity contribution in [2.24, 2.45) is 0 Å². The van der Waals surface area contributed by atoms with Crippen molar-refractivity contribution in [1.29, 1.82) is 0 Å². The highest BCUT2D eigenvalue weighted by molar-refractivity contribution is 6.80. The summed E-state index contributed by atoms with van der Waals surface area (Å²) in [5.41, 5.74) is 0. The first-order chi connectivity index (χ1) is 5.91. The van der Waals surface area contributed by atoms with E-state index in [2.05, 4.69) is 6.92 Å². The summed E-state index contributed by atoms with van der Waals surface area (Å²) >= 11 is 10.3. The van der Waals surface area contributed by atoms with Gasteiger partial charge >= 0.3 is 0 Å². The summed E-state index contributed by atoms with van der Waals surface area (Å²) in [6, 6.07) is 0. The van der Waals surface area contributed by atoms with Gasteiger partial charge in [0.2, 0.25) is 0 Å². The molecule has 0 nitrogen and oxygen atoms in total. The third kappa shape index (κ3) is 17.0. The highest BCUT2D eigenvalue weighted by Gasteiger charge is 1.88. The molecule has 0 saturated heterocycles. The van der Waals surface area contributed by atoms with Gasteiger partial charge in [0.25, 0.3) is 0 Å². The molecule has 0 unspecified atom stereocenters. The van der Waals surface area contributed by atoms with E-state index < -0.39 is 0 Å². The van der Waals surface area contributed by atoms with Crippen LogP contribution >= 0.6 is 22.7 Å². The molecule has 12 heavy (non-hydrogen) atoms. The zero-order chi connectivity index (χ0) is 9.66. The van der Waals surface area contributed by atoms with Crippen molar-refractivity contribution in [3.8, 4) is 0 Å². The topological polar surface area (TPSA) is 0 Å². The highest BCUT2D eigenvalue weighted by atomic mass is 35.6. The van der Waals surface area contributed by atoms with Crippen molar-refractivity contribution < 1.29 is 0 Å². The van der Waals surface area contributed by atoms with Gasteiger partial charge in [-0.2, -0.15) is 11.1 Å². The first-order valence-corrected chi connectivity index (χ1v) is 8.41. The molecule has 0 rings (SSSR count). The van der Waals surface area contributed by atoms with Gasteiger partial charge in [0.05, 0.1) is 0 Å². The van der Waals surface area contributed by atoms with E-state index in [0.717, 1.165) is 15.4 Å². The van der Waals surface area contributed by atoms with E-state index in [-0.39, 0.29) is 0 Å². The van der Waals surface area contributed by atoms with Crippen molar-refractivity contribution in [2.45, 2.75) is 51.9 Å². The van der Waals surface area contributed by atoms with Crippen LogP contribution in [-0.2, 0) is 0 Å². The summed E-state index contributed by atoms with van der Waals surface area (Å²) in [6.45, 7) is 2.25. The molecular formula is C9H22Cl2Si. The van der Waals surface area contributed by atoms with Crippen LogP contribution in [0.5, 0.6) is 0 Å². The second-order valence-electron chi connectivity index (χ2n) is 2.81. The summed E-state index contributed by atoms with van der Waals surface area (Å²) in [5, 5.41) is 0. The van der Waals surface area contributed by atoms with Crippen LogP contribution in [0.1, 0.15) is 51.9 Å². The quantitative estimate of drug-likeness (QED) is 0.271. The van der Waals surface area contributed by atoms with Crippen LogP contribution in [0.15, 0.2) is 0 Å². The van der Waals surface area contributed by atoms with Gasteiger partial charge < -0.3 is 0 Å². The molecule has 0 aliphatic carbocycles. The number of halogens is 2. The summed E-state index contributed by atoms with van der Waals surface area (Å²) in [6.07, 6.45) is 9.48. The van der Waals surface area contributed by atoms with E-state index in [9.17, 15) is 0 Å². The smallest absolute Gasteiger partial charge is 0.109 e. The van der Waals surface area contributed by atoms with Crippen LogP contribution in [0.25, 0.3) is 0 Å². The Hall–Kier alpha value is 0.797. The van der Waals surface area contributed by atoms with Crippen molar-refractivity contribution >= 4 is 32.2 Å². The average Bonchev–Trinajstić information content (AvgIpc) is 2.15. The fourth-order valence-electron chi connectivity index (χ4n) is 1.05. The third-order valence-electron chi connectivity index (χ3n) is 1.74. The largest absolute Gasteiger partial charge is 0.181 e. The van der Waals surface area contributed by atoms with E-state index in [1.54, 1.807) is 0 Å². The highest BCUT2D eigenvalue weighted by Crippen LogP contribution is 2.06. The van der Waals surface area contributed by atoms with Gasteiger partial charge in [0.1, 0.15) is 9.55 Å². The van der Waals surface area contributed by atoms with Gasteiger partial charge in [-0.25, -0.2) is 0 Å². The normalized spacial score (nSPS) is 9.25. The summed E-state index contributed by atoms with van der Waals surface area (Å²) < 4.78 is 0. The first kappa shape index (κ1) is 15.3. The number of hydrogen-bond acceptors (Lipinski definition) is 0. The molecule has 0 aliphatic heterocycles. The maximum absolute atomic E-state index is 5.54. The Bertz CT molecular complexity index is 52.5. The third-order valence-corrected chi connectivity index (χ3v) is 2.00. The molecule has 0 heterocycles. The summed E-state index contributed by atoms with van der Waals surface area (Å²) in [7, 11) is 0.778. The molecule has 3 heteroatoms. The lowest BCUT2D eigenvalue weighted by atomic mass is 10.1. The Morgan fingerprint density at radius 2 is 1.25 bits per heavy atom. The van der Waals surface area contributed by atoms with E-state index in [1.807, 2.05) is 0 Å². The number of rotatable bonds is 7. The van der Waals surface area contributed by atoms with E-state index in [1.165, 1.54) is 44.9 Å². The molecule has 0 N–H and O–H groups in total. The van der Waals surface area contributed by atoms with Crippen LogP contribution in [0.2, 0.25) is 0 Å². The molecule has 76 valence electrons. The van der Waals surface area contributed by atoms with Crippen LogP contribution < -0.4 is 0 Å². The molecule has 0 bridgehead atoms.